The minimum atomic E-state index is -0.892. The molecule has 0 atom stereocenters. The lowest BCUT2D eigenvalue weighted by Crippen LogP contribution is -2.47. The number of hydrogen-bond acceptors (Lipinski definition) is 2. The number of carboxylic acid groups (broad SMARTS) is 1. The maximum atomic E-state index is 11.1. The van der Waals surface area contributed by atoms with Crippen LogP contribution in [0.5, 0.6) is 0 Å². The van der Waals surface area contributed by atoms with E-state index in [1.54, 1.807) is 18.8 Å². The molecule has 0 aromatic carbocycles. The van der Waals surface area contributed by atoms with Crippen LogP contribution in [0.1, 0.15) is 25.6 Å². The molecular weight excluding hydrogens is 194 g/mol. The van der Waals surface area contributed by atoms with Gasteiger partial charge in [0.1, 0.15) is 0 Å². The fraction of sp³-hybridized carbons (Fsp3) is 0.600. The number of aromatic nitrogens is 2. The average molecular weight is 212 g/mol. The molecule has 1 N–H and O–H groups in total. The molecule has 1 heterocycles. The van der Waals surface area contributed by atoms with E-state index in [9.17, 15) is 4.79 Å². The monoisotopic (exact) mass is 212 g/mol. The summed E-state index contributed by atoms with van der Waals surface area (Å²) in [6, 6.07) is 1.97. The first-order valence-electron chi connectivity index (χ1n) is 4.91. The Morgan fingerprint density at radius 2 is 2.07 bits per heavy atom. The van der Waals surface area contributed by atoms with Gasteiger partial charge in [-0.05, 0) is 20.8 Å². The van der Waals surface area contributed by atoms with Crippen LogP contribution < -0.4 is 4.48 Å². The van der Waals surface area contributed by atoms with Crippen LogP contribution in [0, 0.1) is 6.92 Å². The predicted octanol–water partition coefficient (Wildman–Crippen LogP) is 2.02. The van der Waals surface area contributed by atoms with Gasteiger partial charge in [0.25, 0.3) is 0 Å². The van der Waals surface area contributed by atoms with Crippen LogP contribution in [0.3, 0.4) is 0 Å². The summed E-state index contributed by atoms with van der Waals surface area (Å²) in [4.78, 5) is 11.1. The summed E-state index contributed by atoms with van der Waals surface area (Å²) in [6.45, 7) is 5.83. The van der Waals surface area contributed by atoms with E-state index in [1.165, 1.54) is 0 Å². The van der Waals surface area contributed by atoms with E-state index in [2.05, 4.69) is 5.10 Å². The topological polar surface area (TPSA) is 55.1 Å². The van der Waals surface area contributed by atoms with E-state index < -0.39 is 6.09 Å². The molecule has 0 unspecified atom stereocenters. The van der Waals surface area contributed by atoms with Crippen LogP contribution in [0.15, 0.2) is 6.07 Å². The molecule has 0 aliphatic rings. The third-order valence-corrected chi connectivity index (χ3v) is 2.38. The van der Waals surface area contributed by atoms with Crippen LogP contribution in [0.4, 0.5) is 10.6 Å². The van der Waals surface area contributed by atoms with Gasteiger partial charge >= 0.3 is 6.09 Å². The molecule has 0 radical (unpaired) electrons. The van der Waals surface area contributed by atoms with Gasteiger partial charge in [0.2, 0.25) is 5.82 Å². The molecule has 0 bridgehead atoms. The van der Waals surface area contributed by atoms with E-state index >= 15 is 0 Å². The van der Waals surface area contributed by atoms with Gasteiger partial charge in [-0.2, -0.15) is 14.4 Å². The van der Waals surface area contributed by atoms with E-state index in [0.717, 1.165) is 5.69 Å². The molecule has 1 aromatic rings. The molecular formula is C10H18N3O2+. The maximum Gasteiger partial charge on any atom is 0.519 e. The van der Waals surface area contributed by atoms with Crippen molar-refractivity contribution in [2.75, 3.05) is 14.1 Å². The number of carbonyl (C=O) groups is 1. The first kappa shape index (κ1) is 11.7. The SMILES string of the molecule is Cc1cc([N+](C)(C)C(=O)O)n(C(C)C)n1. The fourth-order valence-electron chi connectivity index (χ4n) is 1.40. The van der Waals surface area contributed by atoms with E-state index in [4.69, 9.17) is 5.11 Å². The van der Waals surface area contributed by atoms with Crippen molar-refractivity contribution in [1.82, 2.24) is 14.3 Å². The number of amides is 1. The Bertz CT molecular complexity index is 380. The van der Waals surface area contributed by atoms with Gasteiger partial charge in [-0.15, -0.1) is 0 Å². The smallest absolute Gasteiger partial charge is 0.435 e. The second kappa shape index (κ2) is 3.66. The molecule has 0 saturated carbocycles. The molecule has 0 aliphatic heterocycles. The van der Waals surface area contributed by atoms with E-state index in [1.807, 2.05) is 26.8 Å². The lowest BCUT2D eigenvalue weighted by molar-refractivity contribution is 0.162. The number of rotatable bonds is 2. The lowest BCUT2D eigenvalue weighted by atomic mass is 10.3. The minimum Gasteiger partial charge on any atom is -0.435 e. The summed E-state index contributed by atoms with van der Waals surface area (Å²) in [6.07, 6.45) is -0.892. The molecule has 1 amide bonds. The van der Waals surface area contributed by atoms with Crippen LogP contribution in [-0.2, 0) is 0 Å². The molecule has 15 heavy (non-hydrogen) atoms. The standard InChI is InChI=1S/C10H17N3O2/c1-7(2)12-9(6-8(3)11-12)13(4,5)10(14)15/h6-7H,1-5H3/p+1. The fourth-order valence-corrected chi connectivity index (χ4v) is 1.40. The van der Waals surface area contributed by atoms with Crippen LogP contribution in [0.25, 0.3) is 0 Å². The Labute approximate surface area is 89.5 Å². The first-order chi connectivity index (χ1) is 6.76. The first-order valence-corrected chi connectivity index (χ1v) is 4.91. The van der Waals surface area contributed by atoms with Crippen molar-refractivity contribution in [3.05, 3.63) is 11.8 Å². The predicted molar refractivity (Wildman–Crippen MR) is 59.0 cm³/mol. The Morgan fingerprint density at radius 1 is 1.53 bits per heavy atom. The van der Waals surface area contributed by atoms with Gasteiger partial charge < -0.3 is 5.11 Å². The normalized spacial score (nSPS) is 12.1. The molecule has 1 aromatic heterocycles. The van der Waals surface area contributed by atoms with Crippen LogP contribution in [-0.4, -0.2) is 35.1 Å². The van der Waals surface area contributed by atoms with Crippen molar-refractivity contribution in [3.8, 4) is 0 Å². The molecule has 5 nitrogen and oxygen atoms in total. The summed E-state index contributed by atoms with van der Waals surface area (Å²) in [5.74, 6) is 0.690. The zero-order valence-electron chi connectivity index (χ0n) is 9.85. The largest absolute Gasteiger partial charge is 0.519 e. The minimum absolute atomic E-state index is 0.158. The third kappa shape index (κ3) is 2.02. The zero-order valence-corrected chi connectivity index (χ0v) is 9.85. The van der Waals surface area contributed by atoms with Crippen LogP contribution >= 0.6 is 0 Å². The van der Waals surface area contributed by atoms with Crippen molar-refractivity contribution in [1.29, 1.82) is 0 Å². The zero-order chi connectivity index (χ0) is 11.8. The highest BCUT2D eigenvalue weighted by Crippen LogP contribution is 2.24. The van der Waals surface area contributed by atoms with Gasteiger partial charge in [0, 0.05) is 6.07 Å². The summed E-state index contributed by atoms with van der Waals surface area (Å²) in [7, 11) is 3.27. The van der Waals surface area contributed by atoms with Gasteiger partial charge in [-0.1, -0.05) is 0 Å². The Hall–Kier alpha value is -1.36. The van der Waals surface area contributed by atoms with Gasteiger partial charge in [-0.3, -0.25) is 0 Å². The number of hydrogen-bond donors (Lipinski definition) is 1. The van der Waals surface area contributed by atoms with E-state index in [0.29, 0.717) is 5.82 Å². The molecule has 0 spiro atoms. The van der Waals surface area contributed by atoms with Gasteiger partial charge in [-0.25, -0.2) is 4.68 Å². The highest BCUT2D eigenvalue weighted by atomic mass is 16.4. The van der Waals surface area contributed by atoms with Crippen molar-refractivity contribution >= 4 is 11.9 Å². The molecule has 0 saturated heterocycles. The second-order valence-electron chi connectivity index (χ2n) is 4.42. The number of aryl methyl sites for hydroxylation is 1. The van der Waals surface area contributed by atoms with E-state index in [-0.39, 0.29) is 10.5 Å². The Balaban J connectivity index is 3.30. The maximum absolute atomic E-state index is 11.1. The molecule has 5 heteroatoms. The Morgan fingerprint density at radius 3 is 2.47 bits per heavy atom. The summed E-state index contributed by atoms with van der Waals surface area (Å²) in [5.41, 5.74) is 0.839. The highest BCUT2D eigenvalue weighted by Gasteiger charge is 2.34. The molecule has 84 valence electrons. The lowest BCUT2D eigenvalue weighted by Gasteiger charge is -2.23. The number of nitrogens with zero attached hydrogens (tertiary/aromatic N) is 3. The summed E-state index contributed by atoms with van der Waals surface area (Å²) in [5, 5.41) is 13.4. The van der Waals surface area contributed by atoms with Gasteiger partial charge in [0.15, 0.2) is 0 Å². The molecule has 1 rings (SSSR count). The summed E-state index contributed by atoms with van der Waals surface area (Å²) < 4.78 is 1.54. The molecule has 0 aliphatic carbocycles. The molecule has 0 fully saturated rings. The van der Waals surface area contributed by atoms with Crippen molar-refractivity contribution < 1.29 is 9.90 Å². The summed E-state index contributed by atoms with van der Waals surface area (Å²) >= 11 is 0. The van der Waals surface area contributed by atoms with Crippen LogP contribution in [0.2, 0.25) is 0 Å². The third-order valence-electron chi connectivity index (χ3n) is 2.38. The Kier molecular flexibility index (Phi) is 2.86. The van der Waals surface area contributed by atoms with Crippen molar-refractivity contribution in [2.45, 2.75) is 26.8 Å². The van der Waals surface area contributed by atoms with Crippen molar-refractivity contribution in [3.63, 3.8) is 0 Å². The second-order valence-corrected chi connectivity index (χ2v) is 4.42. The highest BCUT2D eigenvalue weighted by molar-refractivity contribution is 5.78. The average Bonchev–Trinajstić information content (AvgIpc) is 2.47. The quantitative estimate of drug-likeness (QED) is 0.763. The van der Waals surface area contributed by atoms with Gasteiger partial charge in [0.05, 0.1) is 25.8 Å². The van der Waals surface area contributed by atoms with Crippen molar-refractivity contribution in [2.24, 2.45) is 0 Å². The number of quaternary nitrogens is 1.